The van der Waals surface area contributed by atoms with Gasteiger partial charge in [-0.2, -0.15) is 0 Å². The van der Waals surface area contributed by atoms with Crippen molar-refractivity contribution in [3.8, 4) is 11.5 Å². The third-order valence-corrected chi connectivity index (χ3v) is 4.10. The number of carbonyl (C=O) groups is 1. The van der Waals surface area contributed by atoms with Crippen LogP contribution < -0.4 is 14.8 Å². The smallest absolute Gasteiger partial charge is 0.261 e. The molecule has 25 heavy (non-hydrogen) atoms. The average Bonchev–Trinajstić information content (AvgIpc) is 2.58. The summed E-state index contributed by atoms with van der Waals surface area (Å²) in [4.78, 5) is 12.7. The number of amides is 1. The summed E-state index contributed by atoms with van der Waals surface area (Å²) in [7, 11) is 1.63. The van der Waals surface area contributed by atoms with Crippen LogP contribution in [-0.4, -0.2) is 19.1 Å². The zero-order valence-corrected chi connectivity index (χ0v) is 15.6. The third kappa shape index (κ3) is 4.99. The van der Waals surface area contributed by atoms with Gasteiger partial charge in [-0.1, -0.05) is 31.2 Å². The number of rotatable bonds is 7. The Hall–Kier alpha value is -2.49. The molecule has 0 spiro atoms. The highest BCUT2D eigenvalue weighted by Crippen LogP contribution is 2.25. The number of benzene rings is 2. The Morgan fingerprint density at radius 1 is 1.12 bits per heavy atom. The first-order valence-corrected chi connectivity index (χ1v) is 8.62. The molecule has 0 saturated heterocycles. The molecule has 0 heterocycles. The Bertz CT molecular complexity index is 707. The predicted molar refractivity (Wildman–Crippen MR) is 100 cm³/mol. The fourth-order valence-electron chi connectivity index (χ4n) is 2.90. The van der Waals surface area contributed by atoms with Crippen LogP contribution >= 0.6 is 0 Å². The molecule has 0 aliphatic heterocycles. The van der Waals surface area contributed by atoms with Crippen LogP contribution in [0.4, 0.5) is 0 Å². The zero-order valence-electron chi connectivity index (χ0n) is 15.6. The van der Waals surface area contributed by atoms with Crippen molar-refractivity contribution in [2.75, 3.05) is 7.11 Å². The van der Waals surface area contributed by atoms with E-state index in [1.165, 1.54) is 0 Å². The number of hydrogen-bond acceptors (Lipinski definition) is 3. The summed E-state index contributed by atoms with van der Waals surface area (Å²) in [6, 6.07) is 13.5. The van der Waals surface area contributed by atoms with Gasteiger partial charge in [-0.15, -0.1) is 0 Å². The summed E-state index contributed by atoms with van der Waals surface area (Å²) >= 11 is 0. The first-order chi connectivity index (χ1) is 11.9. The number of aryl methyl sites for hydroxylation is 2. The zero-order chi connectivity index (χ0) is 18.4. The van der Waals surface area contributed by atoms with Gasteiger partial charge in [-0.25, -0.2) is 0 Å². The van der Waals surface area contributed by atoms with Crippen molar-refractivity contribution in [3.05, 3.63) is 59.2 Å². The van der Waals surface area contributed by atoms with E-state index in [4.69, 9.17) is 9.47 Å². The highest BCUT2D eigenvalue weighted by molar-refractivity contribution is 5.81. The van der Waals surface area contributed by atoms with Gasteiger partial charge in [0.15, 0.2) is 6.10 Å². The summed E-state index contributed by atoms with van der Waals surface area (Å²) in [5.74, 6) is 1.36. The Morgan fingerprint density at radius 3 is 2.36 bits per heavy atom. The van der Waals surface area contributed by atoms with Gasteiger partial charge in [0, 0.05) is 5.56 Å². The maximum absolute atomic E-state index is 12.7. The second-order valence-corrected chi connectivity index (χ2v) is 6.31. The third-order valence-electron chi connectivity index (χ3n) is 4.10. The summed E-state index contributed by atoms with van der Waals surface area (Å²) < 4.78 is 11.3. The van der Waals surface area contributed by atoms with Crippen molar-refractivity contribution in [2.45, 2.75) is 46.3 Å². The number of hydrogen-bond donors (Lipinski definition) is 1. The number of para-hydroxylation sites is 1. The van der Waals surface area contributed by atoms with Crippen LogP contribution in [0.3, 0.4) is 0 Å². The summed E-state index contributed by atoms with van der Waals surface area (Å²) in [5.41, 5.74) is 3.18. The molecule has 2 aromatic rings. The molecule has 2 atom stereocenters. The molecular weight excluding hydrogens is 314 g/mol. The molecule has 4 heteroatoms. The van der Waals surface area contributed by atoms with Crippen LogP contribution in [0.15, 0.2) is 42.5 Å². The van der Waals surface area contributed by atoms with Crippen LogP contribution in [-0.2, 0) is 4.79 Å². The molecular formula is C21H27NO3. The number of nitrogens with one attached hydrogen (secondary N) is 1. The van der Waals surface area contributed by atoms with Gasteiger partial charge in [0.2, 0.25) is 0 Å². The first-order valence-electron chi connectivity index (χ1n) is 8.62. The van der Waals surface area contributed by atoms with Crippen molar-refractivity contribution in [2.24, 2.45) is 0 Å². The number of carbonyl (C=O) groups excluding carboxylic acids is 1. The molecule has 2 aromatic carbocycles. The minimum Gasteiger partial charge on any atom is -0.496 e. The molecule has 2 rings (SSSR count). The topological polar surface area (TPSA) is 47.6 Å². The van der Waals surface area contributed by atoms with E-state index in [-0.39, 0.29) is 11.9 Å². The van der Waals surface area contributed by atoms with E-state index in [2.05, 4.69) is 11.4 Å². The van der Waals surface area contributed by atoms with Crippen LogP contribution in [0.1, 0.15) is 43.0 Å². The van der Waals surface area contributed by atoms with Crippen LogP contribution in [0, 0.1) is 13.8 Å². The highest BCUT2D eigenvalue weighted by Gasteiger charge is 2.22. The van der Waals surface area contributed by atoms with Gasteiger partial charge in [0.25, 0.3) is 5.91 Å². The number of ether oxygens (including phenoxy) is 2. The van der Waals surface area contributed by atoms with Gasteiger partial charge in [0.05, 0.1) is 13.2 Å². The Morgan fingerprint density at radius 2 is 1.76 bits per heavy atom. The summed E-state index contributed by atoms with van der Waals surface area (Å²) in [5, 5.41) is 3.03. The quantitative estimate of drug-likeness (QED) is 0.814. The molecule has 0 saturated carbocycles. The lowest BCUT2D eigenvalue weighted by atomic mass is 10.1. The van der Waals surface area contributed by atoms with E-state index in [1.54, 1.807) is 7.11 Å². The van der Waals surface area contributed by atoms with Gasteiger partial charge < -0.3 is 14.8 Å². The Balaban J connectivity index is 2.09. The molecule has 4 nitrogen and oxygen atoms in total. The lowest BCUT2D eigenvalue weighted by Gasteiger charge is -2.22. The maximum atomic E-state index is 12.7. The van der Waals surface area contributed by atoms with E-state index in [0.29, 0.717) is 6.42 Å². The van der Waals surface area contributed by atoms with Gasteiger partial charge >= 0.3 is 0 Å². The standard InChI is InChI=1S/C21H27NO3/c1-6-19(25-17-12-14(2)11-15(3)13-17)21(23)22-16(4)18-9-7-8-10-20(18)24-5/h7-13,16,19H,6H2,1-5H3,(H,22,23)/t16-,19-/m0/s1. The van der Waals surface area contributed by atoms with Crippen molar-refractivity contribution in [3.63, 3.8) is 0 Å². The monoisotopic (exact) mass is 341 g/mol. The van der Waals surface area contributed by atoms with Gasteiger partial charge in [0.1, 0.15) is 11.5 Å². The predicted octanol–water partition coefficient (Wildman–Crippen LogP) is 4.35. The molecule has 0 radical (unpaired) electrons. The highest BCUT2D eigenvalue weighted by atomic mass is 16.5. The fraction of sp³-hybridized carbons (Fsp3) is 0.381. The molecule has 0 aromatic heterocycles. The van der Waals surface area contributed by atoms with Crippen LogP contribution in [0.2, 0.25) is 0 Å². The van der Waals surface area contributed by atoms with E-state index in [1.807, 2.05) is 64.1 Å². The molecule has 0 unspecified atom stereocenters. The largest absolute Gasteiger partial charge is 0.496 e. The summed E-state index contributed by atoms with van der Waals surface area (Å²) in [6.45, 7) is 7.93. The molecule has 1 N–H and O–H groups in total. The average molecular weight is 341 g/mol. The molecule has 0 aliphatic rings. The Labute approximate surface area is 150 Å². The summed E-state index contributed by atoms with van der Waals surface area (Å²) in [6.07, 6.45) is 0.0654. The van der Waals surface area contributed by atoms with Crippen LogP contribution in [0.5, 0.6) is 11.5 Å². The van der Waals surface area contributed by atoms with E-state index in [9.17, 15) is 4.79 Å². The van der Waals surface area contributed by atoms with Crippen molar-refractivity contribution in [1.29, 1.82) is 0 Å². The minimum absolute atomic E-state index is 0.125. The first kappa shape index (κ1) is 18.8. The SMILES string of the molecule is CC[C@H](Oc1cc(C)cc(C)c1)C(=O)N[C@@H](C)c1ccccc1OC. The van der Waals surface area contributed by atoms with Gasteiger partial charge in [-0.05, 0) is 56.5 Å². The molecule has 0 bridgehead atoms. The van der Waals surface area contributed by atoms with E-state index >= 15 is 0 Å². The van der Waals surface area contributed by atoms with Crippen molar-refractivity contribution >= 4 is 5.91 Å². The molecule has 0 aliphatic carbocycles. The minimum atomic E-state index is -0.529. The van der Waals surface area contributed by atoms with E-state index < -0.39 is 6.10 Å². The molecule has 1 amide bonds. The second-order valence-electron chi connectivity index (χ2n) is 6.31. The lowest BCUT2D eigenvalue weighted by molar-refractivity contribution is -0.128. The van der Waals surface area contributed by atoms with Gasteiger partial charge in [-0.3, -0.25) is 4.79 Å². The lowest BCUT2D eigenvalue weighted by Crippen LogP contribution is -2.39. The second kappa shape index (κ2) is 8.56. The normalized spacial score (nSPS) is 13.0. The fourth-order valence-corrected chi connectivity index (χ4v) is 2.90. The maximum Gasteiger partial charge on any atom is 0.261 e. The van der Waals surface area contributed by atoms with E-state index in [0.717, 1.165) is 28.2 Å². The van der Waals surface area contributed by atoms with Crippen LogP contribution in [0.25, 0.3) is 0 Å². The molecule has 0 fully saturated rings. The number of methoxy groups -OCH3 is 1. The Kier molecular flexibility index (Phi) is 6.45. The van der Waals surface area contributed by atoms with Crippen molar-refractivity contribution in [1.82, 2.24) is 5.32 Å². The molecule has 134 valence electrons. The van der Waals surface area contributed by atoms with Crippen molar-refractivity contribution < 1.29 is 14.3 Å².